The van der Waals surface area contributed by atoms with Crippen LogP contribution in [0.3, 0.4) is 0 Å². The predicted molar refractivity (Wildman–Crippen MR) is 89.4 cm³/mol. The second-order valence-corrected chi connectivity index (χ2v) is 6.44. The SMILES string of the molecule is CC1CCN(c2c(C#N)cnn2-c2ccc(Cl)c(Cl)c2Cl)C1=O. The van der Waals surface area contributed by atoms with Crippen LogP contribution in [0.2, 0.25) is 15.1 Å². The Morgan fingerprint density at radius 1 is 1.30 bits per heavy atom. The number of rotatable bonds is 2. The van der Waals surface area contributed by atoms with E-state index >= 15 is 0 Å². The summed E-state index contributed by atoms with van der Waals surface area (Å²) in [4.78, 5) is 13.9. The van der Waals surface area contributed by atoms with Gasteiger partial charge >= 0.3 is 0 Å². The van der Waals surface area contributed by atoms with Crippen molar-refractivity contribution in [2.24, 2.45) is 5.92 Å². The number of nitriles is 1. The zero-order valence-electron chi connectivity index (χ0n) is 12.1. The maximum absolute atomic E-state index is 12.4. The molecule has 0 saturated carbocycles. The zero-order valence-corrected chi connectivity index (χ0v) is 14.3. The van der Waals surface area contributed by atoms with Crippen molar-refractivity contribution in [3.63, 3.8) is 0 Å². The van der Waals surface area contributed by atoms with E-state index in [4.69, 9.17) is 34.8 Å². The standard InChI is InChI=1S/C15H11Cl3N4O/c1-8-4-5-21(15(8)23)14-9(6-19)7-20-22(14)11-3-2-10(16)12(17)13(11)18/h2-3,7-8H,4-5H2,1H3. The molecule has 1 aromatic heterocycles. The molecule has 1 aromatic carbocycles. The van der Waals surface area contributed by atoms with Gasteiger partial charge in [-0.2, -0.15) is 10.4 Å². The largest absolute Gasteiger partial charge is 0.295 e. The molecule has 1 fully saturated rings. The van der Waals surface area contributed by atoms with Crippen molar-refractivity contribution >= 4 is 46.5 Å². The van der Waals surface area contributed by atoms with Gasteiger partial charge < -0.3 is 0 Å². The lowest BCUT2D eigenvalue weighted by molar-refractivity contribution is -0.119. The second kappa shape index (κ2) is 6.04. The summed E-state index contributed by atoms with van der Waals surface area (Å²) in [5.74, 6) is 0.274. The number of nitrogens with zero attached hydrogens (tertiary/aromatic N) is 4. The minimum atomic E-state index is -0.0887. The van der Waals surface area contributed by atoms with Gasteiger partial charge in [0.1, 0.15) is 11.6 Å². The van der Waals surface area contributed by atoms with Gasteiger partial charge in [-0.15, -0.1) is 0 Å². The smallest absolute Gasteiger partial charge is 0.231 e. The highest BCUT2D eigenvalue weighted by atomic mass is 35.5. The van der Waals surface area contributed by atoms with Gasteiger partial charge in [-0.1, -0.05) is 41.7 Å². The highest BCUT2D eigenvalue weighted by Gasteiger charge is 2.33. The summed E-state index contributed by atoms with van der Waals surface area (Å²) in [5, 5.41) is 14.3. The number of amides is 1. The maximum Gasteiger partial charge on any atom is 0.231 e. The molecule has 2 aromatic rings. The third kappa shape index (κ3) is 2.57. The first-order valence-electron chi connectivity index (χ1n) is 6.89. The quantitative estimate of drug-likeness (QED) is 0.749. The van der Waals surface area contributed by atoms with Crippen LogP contribution in [-0.4, -0.2) is 22.2 Å². The van der Waals surface area contributed by atoms with Gasteiger partial charge in [-0.3, -0.25) is 9.69 Å². The second-order valence-electron chi connectivity index (χ2n) is 5.28. The number of carbonyl (C=O) groups is 1. The van der Waals surface area contributed by atoms with Crippen LogP contribution >= 0.6 is 34.8 Å². The molecule has 1 aliphatic heterocycles. The maximum atomic E-state index is 12.4. The van der Waals surface area contributed by atoms with Gasteiger partial charge in [-0.25, -0.2) is 4.68 Å². The van der Waals surface area contributed by atoms with Gasteiger partial charge in [0.25, 0.3) is 0 Å². The number of aromatic nitrogens is 2. The van der Waals surface area contributed by atoms with Gasteiger partial charge in [0.15, 0.2) is 5.82 Å². The minimum Gasteiger partial charge on any atom is -0.295 e. The van der Waals surface area contributed by atoms with Crippen molar-refractivity contribution in [3.05, 3.63) is 39.0 Å². The molecule has 1 saturated heterocycles. The Kier molecular flexibility index (Phi) is 4.24. The number of hydrogen-bond acceptors (Lipinski definition) is 3. The molecule has 1 aliphatic rings. The summed E-state index contributed by atoms with van der Waals surface area (Å²) in [6.07, 6.45) is 2.13. The topological polar surface area (TPSA) is 61.9 Å². The van der Waals surface area contributed by atoms with Crippen molar-refractivity contribution in [1.29, 1.82) is 5.26 Å². The first kappa shape index (κ1) is 16.1. The van der Waals surface area contributed by atoms with Gasteiger partial charge in [-0.05, 0) is 18.6 Å². The van der Waals surface area contributed by atoms with Crippen LogP contribution in [0.5, 0.6) is 0 Å². The Bertz CT molecular complexity index is 840. The Labute approximate surface area is 148 Å². The van der Waals surface area contributed by atoms with Crippen LogP contribution in [0, 0.1) is 17.2 Å². The molecule has 1 amide bonds. The average molecular weight is 370 g/mol. The molecule has 0 spiro atoms. The van der Waals surface area contributed by atoms with Crippen LogP contribution in [0.4, 0.5) is 5.82 Å². The summed E-state index contributed by atoms with van der Waals surface area (Å²) in [6.45, 7) is 2.39. The lowest BCUT2D eigenvalue weighted by atomic mass is 10.1. The van der Waals surface area contributed by atoms with Crippen LogP contribution in [-0.2, 0) is 4.79 Å². The van der Waals surface area contributed by atoms with E-state index in [2.05, 4.69) is 11.2 Å². The monoisotopic (exact) mass is 368 g/mol. The average Bonchev–Trinajstić information content (AvgIpc) is 3.09. The fourth-order valence-corrected chi connectivity index (χ4v) is 3.18. The molecule has 1 unspecified atom stereocenters. The summed E-state index contributed by atoms with van der Waals surface area (Å²) in [5.41, 5.74) is 0.763. The van der Waals surface area contributed by atoms with Gasteiger partial charge in [0.2, 0.25) is 5.91 Å². The molecular formula is C15H11Cl3N4O. The third-order valence-corrected chi connectivity index (χ3v) is 5.12. The van der Waals surface area contributed by atoms with Gasteiger partial charge in [0, 0.05) is 12.5 Å². The van der Waals surface area contributed by atoms with Crippen LogP contribution in [0.25, 0.3) is 5.69 Å². The van der Waals surface area contributed by atoms with E-state index in [-0.39, 0.29) is 21.9 Å². The van der Waals surface area contributed by atoms with Crippen LogP contribution < -0.4 is 4.90 Å². The summed E-state index contributed by atoms with van der Waals surface area (Å²) >= 11 is 18.3. The highest BCUT2D eigenvalue weighted by Crippen LogP contribution is 2.37. The predicted octanol–water partition coefficient (Wildman–Crippen LogP) is 4.08. The number of benzene rings is 1. The van der Waals surface area contributed by atoms with E-state index < -0.39 is 0 Å². The van der Waals surface area contributed by atoms with E-state index in [1.165, 1.54) is 10.9 Å². The summed E-state index contributed by atoms with van der Waals surface area (Å²) < 4.78 is 1.46. The molecule has 23 heavy (non-hydrogen) atoms. The Morgan fingerprint density at radius 2 is 2.04 bits per heavy atom. The number of anilines is 1. The van der Waals surface area contributed by atoms with Crippen molar-refractivity contribution < 1.29 is 4.79 Å². The molecule has 0 radical (unpaired) electrons. The van der Waals surface area contributed by atoms with Crippen molar-refractivity contribution in [2.75, 3.05) is 11.4 Å². The minimum absolute atomic E-state index is 0.0422. The molecule has 2 heterocycles. The highest BCUT2D eigenvalue weighted by molar-refractivity contribution is 6.48. The fraction of sp³-hybridized carbons (Fsp3) is 0.267. The van der Waals surface area contributed by atoms with E-state index in [0.29, 0.717) is 28.6 Å². The van der Waals surface area contributed by atoms with E-state index in [1.807, 2.05) is 6.92 Å². The van der Waals surface area contributed by atoms with Crippen molar-refractivity contribution in [2.45, 2.75) is 13.3 Å². The lowest BCUT2D eigenvalue weighted by Crippen LogP contribution is -2.29. The molecule has 0 aliphatic carbocycles. The number of hydrogen-bond donors (Lipinski definition) is 0. The third-order valence-electron chi connectivity index (χ3n) is 3.84. The summed E-state index contributed by atoms with van der Waals surface area (Å²) in [7, 11) is 0. The number of halogens is 3. The van der Waals surface area contributed by atoms with E-state index in [0.717, 1.165) is 6.42 Å². The van der Waals surface area contributed by atoms with Crippen molar-refractivity contribution in [3.8, 4) is 11.8 Å². The zero-order chi connectivity index (χ0) is 16.7. The summed E-state index contributed by atoms with van der Waals surface area (Å²) in [6, 6.07) is 5.31. The molecule has 1 atom stereocenters. The molecule has 3 rings (SSSR count). The van der Waals surface area contributed by atoms with Crippen molar-refractivity contribution in [1.82, 2.24) is 9.78 Å². The number of carbonyl (C=O) groups excluding carboxylic acids is 1. The lowest BCUT2D eigenvalue weighted by Gasteiger charge is -2.19. The molecule has 5 nitrogen and oxygen atoms in total. The first-order valence-corrected chi connectivity index (χ1v) is 8.02. The van der Waals surface area contributed by atoms with E-state index in [1.54, 1.807) is 17.0 Å². The van der Waals surface area contributed by atoms with E-state index in [9.17, 15) is 10.1 Å². The Balaban J connectivity index is 2.19. The first-order chi connectivity index (χ1) is 11.0. The van der Waals surface area contributed by atoms with Crippen LogP contribution in [0.15, 0.2) is 18.3 Å². The molecule has 8 heteroatoms. The Hall–Kier alpha value is -1.74. The fourth-order valence-electron chi connectivity index (χ4n) is 2.57. The normalized spacial score (nSPS) is 17.6. The molecule has 0 bridgehead atoms. The molecular weight excluding hydrogens is 359 g/mol. The molecule has 118 valence electrons. The van der Waals surface area contributed by atoms with Gasteiger partial charge in [0.05, 0.1) is 27.0 Å². The van der Waals surface area contributed by atoms with Crippen LogP contribution in [0.1, 0.15) is 18.9 Å². The molecule has 0 N–H and O–H groups in total. The Morgan fingerprint density at radius 3 is 2.65 bits per heavy atom.